The minimum absolute atomic E-state index is 0.0189. The van der Waals surface area contributed by atoms with E-state index in [0.717, 1.165) is 30.2 Å². The van der Waals surface area contributed by atoms with Crippen molar-refractivity contribution in [2.75, 3.05) is 6.54 Å². The van der Waals surface area contributed by atoms with Gasteiger partial charge in [-0.15, -0.1) is 0 Å². The van der Waals surface area contributed by atoms with Crippen LogP contribution in [0.1, 0.15) is 56.4 Å². The van der Waals surface area contributed by atoms with Gasteiger partial charge in [-0.1, -0.05) is 38.0 Å². The highest BCUT2D eigenvalue weighted by atomic mass is 16.2. The average molecular weight is 353 g/mol. The van der Waals surface area contributed by atoms with Gasteiger partial charge < -0.3 is 14.8 Å². The molecule has 0 bridgehead atoms. The van der Waals surface area contributed by atoms with Crippen LogP contribution in [0.5, 0.6) is 0 Å². The van der Waals surface area contributed by atoms with Crippen LogP contribution < -0.4 is 5.32 Å². The minimum Gasteiger partial charge on any atom is -0.351 e. The topological polar surface area (TPSA) is 54.3 Å². The molecule has 138 valence electrons. The van der Waals surface area contributed by atoms with Crippen LogP contribution in [0.15, 0.2) is 30.3 Å². The van der Waals surface area contributed by atoms with E-state index in [-0.39, 0.29) is 17.9 Å². The lowest BCUT2D eigenvalue weighted by molar-refractivity contribution is -0.133. The molecule has 1 atom stereocenters. The normalized spacial score (nSPS) is 23.5. The van der Waals surface area contributed by atoms with Crippen LogP contribution in [-0.2, 0) is 11.3 Å². The molecule has 1 aliphatic carbocycles. The van der Waals surface area contributed by atoms with Gasteiger partial charge in [-0.25, -0.2) is 0 Å². The molecule has 2 aromatic rings. The number of carbonyl (C=O) groups is 2. The number of benzene rings is 1. The van der Waals surface area contributed by atoms with Gasteiger partial charge in [0.15, 0.2) is 0 Å². The molecule has 1 N–H and O–H groups in total. The van der Waals surface area contributed by atoms with E-state index < -0.39 is 5.54 Å². The van der Waals surface area contributed by atoms with Crippen LogP contribution in [0, 0.1) is 0 Å². The summed E-state index contributed by atoms with van der Waals surface area (Å²) in [5.74, 6) is -0.0620. The monoisotopic (exact) mass is 353 g/mol. The fourth-order valence-electron chi connectivity index (χ4n) is 4.49. The first kappa shape index (κ1) is 17.1. The van der Waals surface area contributed by atoms with Crippen molar-refractivity contribution in [2.24, 2.45) is 0 Å². The van der Waals surface area contributed by atoms with Crippen molar-refractivity contribution >= 4 is 22.7 Å². The van der Waals surface area contributed by atoms with Crippen LogP contribution >= 0.6 is 0 Å². The quantitative estimate of drug-likeness (QED) is 0.917. The Bertz CT molecular complexity index is 850. The van der Waals surface area contributed by atoms with Crippen LogP contribution in [-0.4, -0.2) is 39.4 Å². The Morgan fingerprint density at radius 1 is 1.27 bits per heavy atom. The molecule has 1 aromatic carbocycles. The highest BCUT2D eigenvalue weighted by Crippen LogP contribution is 2.33. The van der Waals surface area contributed by atoms with Crippen LogP contribution in [0.25, 0.3) is 10.9 Å². The Morgan fingerprint density at radius 2 is 2.00 bits per heavy atom. The van der Waals surface area contributed by atoms with Crippen LogP contribution in [0.2, 0.25) is 0 Å². The number of hydrogen-bond acceptors (Lipinski definition) is 2. The van der Waals surface area contributed by atoms with Crippen molar-refractivity contribution < 1.29 is 9.59 Å². The van der Waals surface area contributed by atoms with Crippen LogP contribution in [0.3, 0.4) is 0 Å². The summed E-state index contributed by atoms with van der Waals surface area (Å²) in [4.78, 5) is 28.3. The third kappa shape index (κ3) is 2.61. The van der Waals surface area contributed by atoms with Crippen molar-refractivity contribution in [3.8, 4) is 0 Å². The lowest BCUT2D eigenvalue weighted by Crippen LogP contribution is -2.64. The zero-order valence-corrected chi connectivity index (χ0v) is 15.6. The van der Waals surface area contributed by atoms with E-state index in [0.29, 0.717) is 18.8 Å². The molecule has 2 heterocycles. The molecule has 26 heavy (non-hydrogen) atoms. The van der Waals surface area contributed by atoms with Gasteiger partial charge in [-0.2, -0.15) is 0 Å². The van der Waals surface area contributed by atoms with Gasteiger partial charge in [-0.3, -0.25) is 9.59 Å². The van der Waals surface area contributed by atoms with Crippen molar-refractivity contribution in [2.45, 2.75) is 64.1 Å². The Kier molecular flexibility index (Phi) is 4.25. The Balaban J connectivity index is 1.74. The van der Waals surface area contributed by atoms with E-state index in [4.69, 9.17) is 0 Å². The summed E-state index contributed by atoms with van der Waals surface area (Å²) in [6.45, 7) is 5.06. The first-order valence-corrected chi connectivity index (χ1v) is 9.76. The van der Waals surface area contributed by atoms with Crippen LogP contribution in [0.4, 0.5) is 0 Å². The number of para-hydroxylation sites is 1. The number of amides is 2. The maximum absolute atomic E-state index is 13.3. The summed E-state index contributed by atoms with van der Waals surface area (Å²) in [6.07, 6.45) is 5.26. The van der Waals surface area contributed by atoms with Crippen molar-refractivity contribution in [3.63, 3.8) is 0 Å². The molecule has 2 amide bonds. The molecule has 5 heteroatoms. The molecule has 5 nitrogen and oxygen atoms in total. The Hall–Kier alpha value is -2.30. The zero-order valence-electron chi connectivity index (χ0n) is 15.6. The second-order valence-electron chi connectivity index (χ2n) is 7.86. The van der Waals surface area contributed by atoms with Crippen molar-refractivity contribution in [1.82, 2.24) is 14.8 Å². The fraction of sp³-hybridized carbons (Fsp3) is 0.524. The molecular weight excluding hydrogens is 326 g/mol. The van der Waals surface area contributed by atoms with Crippen molar-refractivity contribution in [1.29, 1.82) is 0 Å². The highest BCUT2D eigenvalue weighted by Gasteiger charge is 2.47. The molecule has 1 aromatic heterocycles. The van der Waals surface area contributed by atoms with Gasteiger partial charge in [0.25, 0.3) is 5.91 Å². The summed E-state index contributed by atoms with van der Waals surface area (Å²) in [5, 5.41) is 4.27. The third-order valence-corrected chi connectivity index (χ3v) is 5.96. The number of hydrogen-bond donors (Lipinski definition) is 1. The summed E-state index contributed by atoms with van der Waals surface area (Å²) < 4.78 is 2.03. The van der Waals surface area contributed by atoms with E-state index >= 15 is 0 Å². The van der Waals surface area contributed by atoms with Gasteiger partial charge in [0.1, 0.15) is 11.2 Å². The van der Waals surface area contributed by atoms with Gasteiger partial charge in [0.05, 0.1) is 6.54 Å². The molecule has 1 saturated carbocycles. The first-order chi connectivity index (χ1) is 12.5. The number of nitrogens with zero attached hydrogens (tertiary/aromatic N) is 2. The molecule has 1 aliphatic heterocycles. The molecule has 0 spiro atoms. The number of aromatic nitrogens is 1. The maximum atomic E-state index is 13.3. The van der Waals surface area contributed by atoms with E-state index in [1.807, 2.05) is 48.7 Å². The zero-order chi connectivity index (χ0) is 18.3. The van der Waals surface area contributed by atoms with Gasteiger partial charge in [0, 0.05) is 23.5 Å². The van der Waals surface area contributed by atoms with E-state index in [2.05, 4.69) is 5.32 Å². The molecule has 0 radical (unpaired) electrons. The second kappa shape index (κ2) is 6.45. The minimum atomic E-state index is -0.857. The summed E-state index contributed by atoms with van der Waals surface area (Å²) >= 11 is 0. The molecule has 4 rings (SSSR count). The number of carbonyl (C=O) groups excluding carboxylic acids is 2. The predicted octanol–water partition coefficient (Wildman–Crippen LogP) is 3.32. The second-order valence-corrected chi connectivity index (χ2v) is 7.86. The SMILES string of the molecule is CCCN1C(=O)c2cc3ccccc3n2CC1(C)C(=O)NC1CCCC1. The number of fused-ring (bicyclic) bond motifs is 3. The highest BCUT2D eigenvalue weighted by molar-refractivity contribution is 6.03. The number of nitrogens with one attached hydrogen (secondary N) is 1. The lowest BCUT2D eigenvalue weighted by atomic mass is 9.94. The molecule has 1 fully saturated rings. The predicted molar refractivity (Wildman–Crippen MR) is 102 cm³/mol. The molecule has 2 aliphatic rings. The third-order valence-electron chi connectivity index (χ3n) is 5.96. The largest absolute Gasteiger partial charge is 0.351 e. The average Bonchev–Trinajstić information content (AvgIpc) is 3.26. The van der Waals surface area contributed by atoms with Crippen molar-refractivity contribution in [3.05, 3.63) is 36.0 Å². The summed E-state index contributed by atoms with van der Waals surface area (Å²) in [6, 6.07) is 10.2. The van der Waals surface area contributed by atoms with Gasteiger partial charge >= 0.3 is 0 Å². The standard InChI is InChI=1S/C21H27N3O2/c1-3-12-24-19(25)18-13-15-8-4-7-11-17(15)23(18)14-21(24,2)20(26)22-16-9-5-6-10-16/h4,7-8,11,13,16H,3,5-6,9-10,12,14H2,1-2H3,(H,22,26). The van der Waals surface area contributed by atoms with E-state index in [1.165, 1.54) is 12.8 Å². The smallest absolute Gasteiger partial charge is 0.271 e. The first-order valence-electron chi connectivity index (χ1n) is 9.76. The maximum Gasteiger partial charge on any atom is 0.271 e. The Morgan fingerprint density at radius 3 is 2.73 bits per heavy atom. The van der Waals surface area contributed by atoms with Gasteiger partial charge in [-0.05, 0) is 38.3 Å². The van der Waals surface area contributed by atoms with Gasteiger partial charge in [0.2, 0.25) is 5.91 Å². The summed E-state index contributed by atoms with van der Waals surface area (Å²) in [5.41, 5.74) is 0.850. The summed E-state index contributed by atoms with van der Waals surface area (Å²) in [7, 11) is 0. The molecular formula is C21H27N3O2. The number of rotatable bonds is 4. The van der Waals surface area contributed by atoms with E-state index in [9.17, 15) is 9.59 Å². The molecule has 1 unspecified atom stereocenters. The molecule has 0 saturated heterocycles. The van der Waals surface area contributed by atoms with E-state index in [1.54, 1.807) is 4.90 Å². The Labute approximate surface area is 154 Å². The fourth-order valence-corrected chi connectivity index (χ4v) is 4.49. The lowest BCUT2D eigenvalue weighted by Gasteiger charge is -2.44.